The second-order valence-electron chi connectivity index (χ2n) is 8.67. The molecule has 2 aromatic rings. The maximum atomic E-state index is 12.5. The predicted molar refractivity (Wildman–Crippen MR) is 137 cm³/mol. The smallest absolute Gasteiger partial charge is 0.320 e. The lowest BCUT2D eigenvalue weighted by Gasteiger charge is -2.27. The fourth-order valence-electron chi connectivity index (χ4n) is 3.66. The molecule has 10 nitrogen and oxygen atoms in total. The summed E-state index contributed by atoms with van der Waals surface area (Å²) in [5.41, 5.74) is 1.71. The lowest BCUT2D eigenvalue weighted by atomic mass is 10.1. The summed E-state index contributed by atoms with van der Waals surface area (Å²) in [5, 5.41) is 9.53. The van der Waals surface area contributed by atoms with Gasteiger partial charge in [-0.15, -0.1) is 0 Å². The summed E-state index contributed by atoms with van der Waals surface area (Å²) < 4.78 is 26.7. The van der Waals surface area contributed by atoms with E-state index in [-0.39, 0.29) is 38.7 Å². The minimum atomic E-state index is -0.945. The summed E-state index contributed by atoms with van der Waals surface area (Å²) in [4.78, 5) is 27.9. The zero-order valence-electron chi connectivity index (χ0n) is 22.1. The highest BCUT2D eigenvalue weighted by Gasteiger charge is 2.19. The van der Waals surface area contributed by atoms with Gasteiger partial charge in [0.15, 0.2) is 13.6 Å². The Morgan fingerprint density at radius 1 is 0.784 bits per heavy atom. The van der Waals surface area contributed by atoms with Crippen molar-refractivity contribution < 1.29 is 38.4 Å². The van der Waals surface area contributed by atoms with E-state index in [1.54, 1.807) is 25.9 Å². The zero-order valence-corrected chi connectivity index (χ0v) is 22.1. The van der Waals surface area contributed by atoms with Gasteiger partial charge in [-0.1, -0.05) is 36.4 Å². The third-order valence-electron chi connectivity index (χ3n) is 5.21. The van der Waals surface area contributed by atoms with Crippen LogP contribution in [0, 0.1) is 0 Å². The van der Waals surface area contributed by atoms with Crippen molar-refractivity contribution in [2.24, 2.45) is 0 Å². The molecule has 37 heavy (non-hydrogen) atoms. The zero-order chi connectivity index (χ0) is 27.0. The Labute approximate surface area is 218 Å². The minimum Gasteiger partial charge on any atom is -0.480 e. The van der Waals surface area contributed by atoms with Gasteiger partial charge in [0.1, 0.15) is 11.5 Å². The van der Waals surface area contributed by atoms with E-state index in [1.165, 1.54) is 7.11 Å². The number of esters is 1. The van der Waals surface area contributed by atoms with Gasteiger partial charge in [0.2, 0.25) is 0 Å². The van der Waals surface area contributed by atoms with Crippen molar-refractivity contribution >= 4 is 11.9 Å². The highest BCUT2D eigenvalue weighted by Crippen LogP contribution is 2.22. The molecule has 0 fully saturated rings. The monoisotopic (exact) mass is 518 g/mol. The van der Waals surface area contributed by atoms with Gasteiger partial charge in [-0.2, -0.15) is 0 Å². The molecule has 0 amide bonds. The lowest BCUT2D eigenvalue weighted by molar-refractivity contribution is -0.149. The van der Waals surface area contributed by atoms with Gasteiger partial charge in [-0.3, -0.25) is 19.4 Å². The molecule has 2 rings (SSSR count). The number of benzene rings is 2. The summed E-state index contributed by atoms with van der Waals surface area (Å²) in [7, 11) is 3.09. The Morgan fingerprint density at radius 3 is 1.68 bits per heavy atom. The van der Waals surface area contributed by atoms with Crippen molar-refractivity contribution in [3.8, 4) is 11.5 Å². The van der Waals surface area contributed by atoms with Crippen molar-refractivity contribution in [1.29, 1.82) is 0 Å². The fraction of sp³-hybridized carbons (Fsp3) is 0.481. The summed E-state index contributed by atoms with van der Waals surface area (Å²) in [6.07, 6.45) is -0.237. The van der Waals surface area contributed by atoms with Gasteiger partial charge in [0.05, 0.1) is 19.2 Å². The number of hydrogen-bond acceptors (Lipinski definition) is 9. The number of ether oxygens (including phenoxy) is 5. The quantitative estimate of drug-likeness (QED) is 0.234. The number of nitrogens with zero attached hydrogens (tertiary/aromatic N) is 2. The normalized spacial score (nSPS) is 11.2. The van der Waals surface area contributed by atoms with Gasteiger partial charge in [0, 0.05) is 51.5 Å². The average molecular weight is 519 g/mol. The van der Waals surface area contributed by atoms with E-state index in [0.717, 1.165) is 11.1 Å². The van der Waals surface area contributed by atoms with E-state index in [2.05, 4.69) is 0 Å². The molecular formula is C27H38N2O8. The van der Waals surface area contributed by atoms with E-state index in [4.69, 9.17) is 23.7 Å². The molecule has 0 bridgehead atoms. The average Bonchev–Trinajstić information content (AvgIpc) is 2.85. The molecular weight excluding hydrogens is 480 g/mol. The minimum absolute atomic E-state index is 0.0469. The first-order valence-electron chi connectivity index (χ1n) is 12.1. The summed E-state index contributed by atoms with van der Waals surface area (Å²) in [6, 6.07) is 15.0. The number of rotatable bonds is 18. The number of hydrogen-bond donors (Lipinski definition) is 1. The first-order valence-corrected chi connectivity index (χ1v) is 12.1. The first kappa shape index (κ1) is 30.0. The molecule has 0 aliphatic heterocycles. The molecule has 0 aliphatic rings. The van der Waals surface area contributed by atoms with Crippen LogP contribution in [0.1, 0.15) is 25.0 Å². The molecule has 0 aliphatic carbocycles. The van der Waals surface area contributed by atoms with Gasteiger partial charge in [0.25, 0.3) is 0 Å². The summed E-state index contributed by atoms with van der Waals surface area (Å²) in [6.45, 7) is 5.23. The second-order valence-corrected chi connectivity index (χ2v) is 8.67. The maximum Gasteiger partial charge on any atom is 0.320 e. The van der Waals surface area contributed by atoms with E-state index in [0.29, 0.717) is 37.7 Å². The molecule has 10 heteroatoms. The van der Waals surface area contributed by atoms with Gasteiger partial charge < -0.3 is 28.8 Å². The van der Waals surface area contributed by atoms with Crippen LogP contribution >= 0.6 is 0 Å². The third-order valence-corrected chi connectivity index (χ3v) is 5.21. The number of carbonyl (C=O) groups is 2. The molecule has 204 valence electrons. The Balaban J connectivity index is 2.19. The molecule has 0 aromatic heterocycles. The number of aliphatic carboxylic acids is 1. The van der Waals surface area contributed by atoms with Gasteiger partial charge >= 0.3 is 11.9 Å². The van der Waals surface area contributed by atoms with Crippen molar-refractivity contribution in [3.63, 3.8) is 0 Å². The maximum absolute atomic E-state index is 12.5. The Morgan fingerprint density at radius 2 is 1.24 bits per heavy atom. The van der Waals surface area contributed by atoms with Gasteiger partial charge in [-0.05, 0) is 26.0 Å². The van der Waals surface area contributed by atoms with E-state index in [9.17, 15) is 14.7 Å². The summed E-state index contributed by atoms with van der Waals surface area (Å²) >= 11 is 0. The van der Waals surface area contributed by atoms with Crippen molar-refractivity contribution in [1.82, 2.24) is 9.80 Å². The van der Waals surface area contributed by atoms with Crippen LogP contribution in [-0.2, 0) is 36.9 Å². The van der Waals surface area contributed by atoms with Crippen LogP contribution in [0.15, 0.2) is 48.5 Å². The number of carboxylic acids is 1. The van der Waals surface area contributed by atoms with Crippen molar-refractivity contribution in [2.45, 2.75) is 33.0 Å². The predicted octanol–water partition coefficient (Wildman–Crippen LogP) is 2.99. The molecule has 2 aromatic carbocycles. The van der Waals surface area contributed by atoms with E-state index < -0.39 is 5.97 Å². The second kappa shape index (κ2) is 16.5. The van der Waals surface area contributed by atoms with Crippen molar-refractivity contribution in [3.05, 3.63) is 59.7 Å². The van der Waals surface area contributed by atoms with Crippen LogP contribution in [0.3, 0.4) is 0 Å². The molecule has 0 radical (unpaired) electrons. The number of carboxylic acid groups (broad SMARTS) is 1. The summed E-state index contributed by atoms with van der Waals surface area (Å²) in [5.74, 6) is -0.0210. The SMILES string of the molecule is COCOc1ccccc1CN(CCN(CC(=O)OC(C)C)Cc1ccccc1OCOC)CC(=O)O. The topological polar surface area (TPSA) is 107 Å². The van der Waals surface area contributed by atoms with Crippen LogP contribution in [0.5, 0.6) is 11.5 Å². The first-order chi connectivity index (χ1) is 17.8. The van der Waals surface area contributed by atoms with Crippen LogP contribution in [0.25, 0.3) is 0 Å². The third kappa shape index (κ3) is 11.6. The Bertz CT molecular complexity index is 969. The number of methoxy groups -OCH3 is 2. The molecule has 0 spiro atoms. The van der Waals surface area contributed by atoms with Crippen molar-refractivity contribution in [2.75, 3.05) is 54.0 Å². The largest absolute Gasteiger partial charge is 0.480 e. The van der Waals surface area contributed by atoms with Crippen LogP contribution < -0.4 is 9.47 Å². The fourth-order valence-corrected chi connectivity index (χ4v) is 3.66. The van der Waals surface area contributed by atoms with Gasteiger partial charge in [-0.25, -0.2) is 0 Å². The molecule has 0 saturated carbocycles. The molecule has 0 heterocycles. The Kier molecular flexibility index (Phi) is 13.4. The van der Waals surface area contributed by atoms with E-state index >= 15 is 0 Å². The number of carbonyl (C=O) groups excluding carboxylic acids is 1. The standard InChI is InChI=1S/C27H38N2O8/c1-21(2)37-27(32)18-29(16-23-10-6-8-12-25(23)36-20-34-4)14-13-28(17-26(30)31)15-22-9-5-7-11-24(22)35-19-33-3/h5-12,21H,13-20H2,1-4H3,(H,30,31). The van der Waals surface area contributed by atoms with Crippen LogP contribution in [0.2, 0.25) is 0 Å². The lowest BCUT2D eigenvalue weighted by Crippen LogP contribution is -2.40. The highest BCUT2D eigenvalue weighted by molar-refractivity contribution is 5.72. The highest BCUT2D eigenvalue weighted by atomic mass is 16.7. The van der Waals surface area contributed by atoms with Crippen LogP contribution in [-0.4, -0.2) is 86.9 Å². The number of para-hydroxylation sites is 2. The molecule has 1 N–H and O–H groups in total. The molecule has 0 saturated heterocycles. The Hall–Kier alpha value is -3.18. The van der Waals surface area contributed by atoms with E-state index in [1.807, 2.05) is 53.4 Å². The molecule has 0 unspecified atom stereocenters. The molecule has 0 atom stereocenters. The van der Waals surface area contributed by atoms with Crippen LogP contribution in [0.4, 0.5) is 0 Å².